The van der Waals surface area contributed by atoms with Crippen LogP contribution in [0.1, 0.15) is 121 Å². The molecule has 0 saturated carbocycles. The molecule has 0 bridgehead atoms. The van der Waals surface area contributed by atoms with Crippen LogP contribution in [0.15, 0.2) is 72.8 Å². The lowest BCUT2D eigenvalue weighted by Gasteiger charge is -2.32. The molecule has 5 nitrogen and oxygen atoms in total. The maximum atomic E-state index is 13.5. The quantitative estimate of drug-likeness (QED) is 0.265. The van der Waals surface area contributed by atoms with E-state index in [4.69, 9.17) is 9.47 Å². The smallest absolute Gasteiger partial charge is 0.408 e. The van der Waals surface area contributed by atoms with E-state index >= 15 is 0 Å². The van der Waals surface area contributed by atoms with E-state index < -0.39 is 11.6 Å². The largest absolute Gasteiger partial charge is 0.464 e. The molecule has 0 aliphatic heterocycles. The Kier molecular flexibility index (Phi) is 12.7. The second kappa shape index (κ2) is 16.7. The summed E-state index contributed by atoms with van der Waals surface area (Å²) in [7, 11) is 0. The Bertz CT molecular complexity index is 1210. The highest BCUT2D eigenvalue weighted by molar-refractivity contribution is 5.86. The summed E-state index contributed by atoms with van der Waals surface area (Å²) >= 11 is 0. The highest BCUT2D eigenvalue weighted by atomic mass is 16.6. The van der Waals surface area contributed by atoms with Gasteiger partial charge in [0.05, 0.1) is 6.61 Å². The Labute approximate surface area is 265 Å². The van der Waals surface area contributed by atoms with E-state index in [1.807, 2.05) is 31.2 Å². The lowest BCUT2D eigenvalue weighted by Crippen LogP contribution is -2.55. The van der Waals surface area contributed by atoms with Crippen LogP contribution in [0.5, 0.6) is 0 Å². The van der Waals surface area contributed by atoms with Gasteiger partial charge in [-0.15, -0.1) is 0 Å². The molecule has 2 aromatic carbocycles. The fraction of sp³-hybridized carbons (Fsp3) is 0.538. The number of nitrogens with one attached hydrogen (secondary N) is 1. The maximum absolute atomic E-state index is 13.5. The van der Waals surface area contributed by atoms with Crippen molar-refractivity contribution >= 4 is 12.1 Å². The van der Waals surface area contributed by atoms with Gasteiger partial charge in [0.2, 0.25) is 0 Å². The average molecular weight is 600 g/mol. The zero-order valence-electron chi connectivity index (χ0n) is 27.2. The normalized spacial score (nSPS) is 23.5. The Hall–Kier alpha value is -3.34. The number of amides is 1. The molecule has 0 saturated heterocycles. The van der Waals surface area contributed by atoms with Crippen LogP contribution in [0.4, 0.5) is 4.79 Å². The maximum Gasteiger partial charge on any atom is 0.408 e. The molecule has 1 N–H and O–H groups in total. The minimum Gasteiger partial charge on any atom is -0.464 e. The van der Waals surface area contributed by atoms with Crippen LogP contribution < -0.4 is 5.32 Å². The van der Waals surface area contributed by atoms with Crippen LogP contribution in [0.2, 0.25) is 0 Å². The highest BCUT2D eigenvalue weighted by Gasteiger charge is 2.41. The van der Waals surface area contributed by atoms with E-state index in [2.05, 4.69) is 67.7 Å². The van der Waals surface area contributed by atoms with Crippen LogP contribution in [0, 0.1) is 5.41 Å². The van der Waals surface area contributed by atoms with Crippen molar-refractivity contribution in [1.29, 1.82) is 0 Å². The third-order valence-electron chi connectivity index (χ3n) is 9.79. The van der Waals surface area contributed by atoms with Gasteiger partial charge in [0, 0.05) is 5.92 Å². The zero-order valence-corrected chi connectivity index (χ0v) is 27.2. The number of ether oxygens (including phenoxy) is 2. The Balaban J connectivity index is 1.45. The molecular formula is C39H53NO4. The predicted molar refractivity (Wildman–Crippen MR) is 180 cm³/mol. The van der Waals surface area contributed by atoms with Crippen molar-refractivity contribution in [3.05, 3.63) is 84.0 Å². The van der Waals surface area contributed by atoms with Gasteiger partial charge < -0.3 is 14.8 Å². The van der Waals surface area contributed by atoms with Gasteiger partial charge in [0.1, 0.15) is 12.1 Å². The van der Waals surface area contributed by atoms with Crippen LogP contribution >= 0.6 is 0 Å². The number of allylic oxidation sites excluding steroid dienone is 4. The van der Waals surface area contributed by atoms with Crippen LogP contribution in [0.25, 0.3) is 11.1 Å². The standard InChI is InChI=1S/C39H53NO4/c1-4-38(3)26-18-10-6-8-12-20-28-39(36(41)43-5-2,29-21-13-9-7-11-19-27-38)40-37(42)44-30-35-33-24-16-14-22-31(33)32-23-15-17-25-34(32)35/h6-9,14-17,22-25,35H,4-5,10-13,18-21,26-30H2,1-3H3,(H,40,42). The van der Waals surface area contributed by atoms with E-state index in [1.165, 1.54) is 43.2 Å². The van der Waals surface area contributed by atoms with Crippen molar-refractivity contribution in [1.82, 2.24) is 5.32 Å². The number of carbonyl (C=O) groups is 2. The van der Waals surface area contributed by atoms with Gasteiger partial charge in [-0.25, -0.2) is 9.59 Å². The molecule has 0 radical (unpaired) electrons. The first-order valence-electron chi connectivity index (χ1n) is 17.0. The van der Waals surface area contributed by atoms with E-state index in [-0.39, 0.29) is 25.1 Å². The van der Waals surface area contributed by atoms with Crippen LogP contribution in [-0.2, 0) is 14.3 Å². The second-order valence-corrected chi connectivity index (χ2v) is 12.9. The summed E-state index contributed by atoms with van der Waals surface area (Å²) in [5, 5.41) is 3.04. The van der Waals surface area contributed by atoms with Gasteiger partial charge >= 0.3 is 12.1 Å². The third kappa shape index (κ3) is 8.86. The zero-order chi connectivity index (χ0) is 31.3. The summed E-state index contributed by atoms with van der Waals surface area (Å²) in [4.78, 5) is 27.0. The molecule has 2 aliphatic rings. The number of esters is 1. The molecule has 0 fully saturated rings. The van der Waals surface area contributed by atoms with Gasteiger partial charge in [-0.2, -0.15) is 0 Å². The second-order valence-electron chi connectivity index (χ2n) is 12.9. The van der Waals surface area contributed by atoms with E-state index in [9.17, 15) is 9.59 Å². The molecule has 0 spiro atoms. The Morgan fingerprint density at radius 1 is 0.727 bits per heavy atom. The molecule has 2 aromatic rings. The third-order valence-corrected chi connectivity index (χ3v) is 9.79. The summed E-state index contributed by atoms with van der Waals surface area (Å²) in [5.41, 5.74) is 4.01. The van der Waals surface area contributed by atoms with Crippen LogP contribution in [0.3, 0.4) is 0 Å². The lowest BCUT2D eigenvalue weighted by atomic mass is 9.78. The van der Waals surface area contributed by atoms with E-state index in [1.54, 1.807) is 0 Å². The fourth-order valence-electron chi connectivity index (χ4n) is 6.89. The summed E-state index contributed by atoms with van der Waals surface area (Å²) in [5.74, 6) is -0.405. The molecule has 0 unspecified atom stereocenters. The van der Waals surface area contributed by atoms with Crippen molar-refractivity contribution in [3.8, 4) is 11.1 Å². The number of rotatable bonds is 6. The molecule has 0 aromatic heterocycles. The van der Waals surface area contributed by atoms with Gasteiger partial charge in [-0.3, -0.25) is 0 Å². The van der Waals surface area contributed by atoms with Crippen molar-refractivity contribution in [2.75, 3.05) is 13.2 Å². The first-order chi connectivity index (χ1) is 21.4. The summed E-state index contributed by atoms with van der Waals surface area (Å²) in [6.45, 7) is 7.06. The topological polar surface area (TPSA) is 64.6 Å². The minimum atomic E-state index is -1.12. The van der Waals surface area contributed by atoms with Crippen molar-refractivity contribution < 1.29 is 19.1 Å². The number of benzene rings is 2. The van der Waals surface area contributed by atoms with E-state index in [0.29, 0.717) is 18.3 Å². The molecule has 238 valence electrons. The molecule has 0 heterocycles. The molecule has 4 rings (SSSR count). The summed E-state index contributed by atoms with van der Waals surface area (Å²) < 4.78 is 11.5. The van der Waals surface area contributed by atoms with Gasteiger partial charge in [0.15, 0.2) is 0 Å². The van der Waals surface area contributed by atoms with Gasteiger partial charge in [0.25, 0.3) is 0 Å². The van der Waals surface area contributed by atoms with Gasteiger partial charge in [-0.05, 0) is 112 Å². The number of alkyl carbamates (subject to hydrolysis) is 1. The molecule has 0 atom stereocenters. The Morgan fingerprint density at radius 3 is 1.68 bits per heavy atom. The predicted octanol–water partition coefficient (Wildman–Crippen LogP) is 10.1. The number of hydrogen-bond acceptors (Lipinski definition) is 4. The SMILES string of the molecule is CCOC(=O)C1(NC(=O)OCC2c3ccccc3-c3ccccc32)CCCC=CCCCC(C)(CC)CCCC=CCCC1. The van der Waals surface area contributed by atoms with Gasteiger partial charge in [-0.1, -0.05) is 93.1 Å². The average Bonchev–Trinajstić information content (AvgIpc) is 3.35. The monoisotopic (exact) mass is 599 g/mol. The molecule has 1 amide bonds. The fourth-order valence-corrected chi connectivity index (χ4v) is 6.89. The van der Waals surface area contributed by atoms with Crippen molar-refractivity contribution in [3.63, 3.8) is 0 Å². The molecule has 5 heteroatoms. The number of hydrogen-bond donors (Lipinski definition) is 1. The van der Waals surface area contributed by atoms with E-state index in [0.717, 1.165) is 49.7 Å². The first kappa shape index (κ1) is 33.6. The lowest BCUT2D eigenvalue weighted by molar-refractivity contribution is -0.151. The highest BCUT2D eigenvalue weighted by Crippen LogP contribution is 2.44. The number of fused-ring (bicyclic) bond motifs is 3. The summed E-state index contributed by atoms with van der Waals surface area (Å²) in [6.07, 6.45) is 21.1. The van der Waals surface area contributed by atoms with Crippen LogP contribution in [-0.4, -0.2) is 30.8 Å². The van der Waals surface area contributed by atoms with Crippen molar-refractivity contribution in [2.45, 2.75) is 116 Å². The number of carbonyl (C=O) groups excluding carboxylic acids is 2. The minimum absolute atomic E-state index is 0.0394. The molecule has 44 heavy (non-hydrogen) atoms. The molecular weight excluding hydrogens is 546 g/mol. The first-order valence-corrected chi connectivity index (χ1v) is 17.0. The summed E-state index contributed by atoms with van der Waals surface area (Å²) in [6, 6.07) is 16.6. The Morgan fingerprint density at radius 2 is 1.20 bits per heavy atom. The van der Waals surface area contributed by atoms with Crippen molar-refractivity contribution in [2.24, 2.45) is 5.41 Å². The molecule has 2 aliphatic carbocycles.